The van der Waals surface area contributed by atoms with Crippen LogP contribution in [0.3, 0.4) is 0 Å². The number of nitrogens with one attached hydrogen (secondary N) is 2. The Balaban J connectivity index is 1.27. The Labute approximate surface area is 239 Å². The third kappa shape index (κ3) is 6.53. The summed E-state index contributed by atoms with van der Waals surface area (Å²) in [5, 5.41) is 7.29. The zero-order valence-electron chi connectivity index (χ0n) is 23.6. The van der Waals surface area contributed by atoms with E-state index in [1.165, 1.54) is 44.9 Å². The minimum Gasteiger partial charge on any atom is -0.343 e. The molecule has 1 aromatic rings. The standard InChI is InChI=1S/C32H46ClN3O3/c1-22(37)32(26-9-3-2-4-10-26)15-17-36(18-16-32)31(39)29(19-23-11-13-27(33)14-12-23)35-30(38)28-20-24-7-5-6-8-25(24)21-34-28/h11-14,24-26,28-29,34H,2-10,15-21H2,1H3,(H,35,38)/t24?,25?,28-,29-/m1/s1. The molecule has 0 spiro atoms. The first-order valence-corrected chi connectivity index (χ1v) is 15.8. The van der Waals surface area contributed by atoms with Crippen LogP contribution in [0.25, 0.3) is 0 Å². The molecule has 2 unspecified atom stereocenters. The SMILES string of the molecule is CC(=O)C1(C2CCCCC2)CCN(C(=O)[C@@H](Cc2ccc(Cl)cc2)NC(=O)[C@H]2CC3CCCCC3CN2)CC1. The third-order valence-corrected chi connectivity index (χ3v) is 10.8. The molecule has 4 fully saturated rings. The monoisotopic (exact) mass is 555 g/mol. The van der Waals surface area contributed by atoms with Gasteiger partial charge >= 0.3 is 0 Å². The summed E-state index contributed by atoms with van der Waals surface area (Å²) in [6, 6.07) is 6.64. The minimum absolute atomic E-state index is 0.0366. The van der Waals surface area contributed by atoms with Gasteiger partial charge in [-0.2, -0.15) is 0 Å². The van der Waals surface area contributed by atoms with Crippen LogP contribution < -0.4 is 10.6 Å². The number of amides is 2. The van der Waals surface area contributed by atoms with Gasteiger partial charge in [-0.15, -0.1) is 0 Å². The molecule has 2 aliphatic heterocycles. The van der Waals surface area contributed by atoms with Crippen LogP contribution in [0.4, 0.5) is 0 Å². The predicted octanol–water partition coefficient (Wildman–Crippen LogP) is 5.31. The number of ketones is 1. The number of benzene rings is 1. The van der Waals surface area contributed by atoms with Crippen molar-refractivity contribution < 1.29 is 14.4 Å². The molecule has 2 heterocycles. The number of carbonyl (C=O) groups is 3. The van der Waals surface area contributed by atoms with Gasteiger partial charge in [0.15, 0.2) is 0 Å². The first-order chi connectivity index (χ1) is 18.9. The molecule has 2 amide bonds. The average molecular weight is 556 g/mol. The van der Waals surface area contributed by atoms with Crippen LogP contribution in [-0.4, -0.2) is 54.2 Å². The van der Waals surface area contributed by atoms with Crippen LogP contribution in [0.15, 0.2) is 24.3 Å². The number of likely N-dealkylation sites (tertiary alicyclic amines) is 1. The maximum absolute atomic E-state index is 14.0. The van der Waals surface area contributed by atoms with E-state index in [9.17, 15) is 14.4 Å². The van der Waals surface area contributed by atoms with E-state index in [1.807, 2.05) is 29.2 Å². The summed E-state index contributed by atoms with van der Waals surface area (Å²) >= 11 is 6.11. The molecule has 1 aromatic carbocycles. The molecular formula is C32H46ClN3O3. The number of rotatable bonds is 7. The number of piperidine rings is 2. The van der Waals surface area contributed by atoms with Gasteiger partial charge in [0.2, 0.25) is 11.8 Å². The lowest BCUT2D eigenvalue weighted by atomic mass is 9.62. The number of Topliss-reactive ketones (excluding diaryl/α,β-unsaturated/α-hetero) is 1. The predicted molar refractivity (Wildman–Crippen MR) is 154 cm³/mol. The normalized spacial score (nSPS) is 28.3. The Hall–Kier alpha value is -1.92. The van der Waals surface area contributed by atoms with Crippen molar-refractivity contribution >= 4 is 29.2 Å². The van der Waals surface area contributed by atoms with Gasteiger partial charge < -0.3 is 15.5 Å². The zero-order chi connectivity index (χ0) is 27.4. The lowest BCUT2D eigenvalue weighted by Crippen LogP contribution is -2.59. The molecule has 2 saturated heterocycles. The molecule has 0 aromatic heterocycles. The third-order valence-electron chi connectivity index (χ3n) is 10.6. The number of hydrogen-bond acceptors (Lipinski definition) is 4. The second-order valence-corrected chi connectivity index (χ2v) is 13.2. The van der Waals surface area contributed by atoms with Crippen molar-refractivity contribution in [3.05, 3.63) is 34.9 Å². The van der Waals surface area contributed by atoms with Gasteiger partial charge in [0.05, 0.1) is 6.04 Å². The highest BCUT2D eigenvalue weighted by Crippen LogP contribution is 2.46. The molecule has 0 bridgehead atoms. The van der Waals surface area contributed by atoms with Gasteiger partial charge in [-0.1, -0.05) is 62.3 Å². The van der Waals surface area contributed by atoms with E-state index in [2.05, 4.69) is 10.6 Å². The summed E-state index contributed by atoms with van der Waals surface area (Å²) in [6.07, 6.45) is 13.7. The molecule has 2 N–H and O–H groups in total. The minimum atomic E-state index is -0.635. The van der Waals surface area contributed by atoms with E-state index in [0.717, 1.165) is 44.2 Å². The van der Waals surface area contributed by atoms with Gasteiger partial charge in [-0.05, 0) is 87.4 Å². The summed E-state index contributed by atoms with van der Waals surface area (Å²) in [5.41, 5.74) is 0.675. The van der Waals surface area contributed by atoms with E-state index in [1.54, 1.807) is 6.92 Å². The Morgan fingerprint density at radius 2 is 1.62 bits per heavy atom. The van der Waals surface area contributed by atoms with Gasteiger partial charge in [0, 0.05) is 29.9 Å². The molecule has 214 valence electrons. The van der Waals surface area contributed by atoms with E-state index < -0.39 is 6.04 Å². The van der Waals surface area contributed by atoms with E-state index >= 15 is 0 Å². The van der Waals surface area contributed by atoms with Gasteiger partial charge in [-0.25, -0.2) is 0 Å². The second kappa shape index (κ2) is 12.7. The maximum Gasteiger partial charge on any atom is 0.245 e. The molecule has 0 radical (unpaired) electrons. The van der Waals surface area contributed by atoms with Crippen molar-refractivity contribution in [2.24, 2.45) is 23.2 Å². The average Bonchev–Trinajstić information content (AvgIpc) is 2.97. The Morgan fingerprint density at radius 1 is 0.974 bits per heavy atom. The van der Waals surface area contributed by atoms with Gasteiger partial charge in [0.25, 0.3) is 0 Å². The lowest BCUT2D eigenvalue weighted by molar-refractivity contribution is -0.144. The molecule has 4 aliphatic rings. The fraction of sp³-hybridized carbons (Fsp3) is 0.719. The van der Waals surface area contributed by atoms with Crippen molar-refractivity contribution in [1.29, 1.82) is 0 Å². The molecule has 2 saturated carbocycles. The van der Waals surface area contributed by atoms with E-state index in [4.69, 9.17) is 11.6 Å². The smallest absolute Gasteiger partial charge is 0.245 e. The molecule has 4 atom stereocenters. The van der Waals surface area contributed by atoms with Crippen LogP contribution in [-0.2, 0) is 20.8 Å². The Morgan fingerprint density at radius 3 is 2.28 bits per heavy atom. The first-order valence-electron chi connectivity index (χ1n) is 15.4. The van der Waals surface area contributed by atoms with Crippen molar-refractivity contribution in [3.63, 3.8) is 0 Å². The van der Waals surface area contributed by atoms with Crippen LogP contribution in [0, 0.1) is 23.2 Å². The summed E-state index contributed by atoms with van der Waals surface area (Å²) < 4.78 is 0. The van der Waals surface area contributed by atoms with E-state index in [-0.39, 0.29) is 29.1 Å². The highest BCUT2D eigenvalue weighted by atomic mass is 35.5. The largest absolute Gasteiger partial charge is 0.343 e. The number of carbonyl (C=O) groups excluding carboxylic acids is 3. The number of nitrogens with zero attached hydrogens (tertiary/aromatic N) is 1. The second-order valence-electron chi connectivity index (χ2n) is 12.8. The molecular weight excluding hydrogens is 510 g/mol. The fourth-order valence-corrected chi connectivity index (χ4v) is 8.25. The van der Waals surface area contributed by atoms with E-state index in [0.29, 0.717) is 42.3 Å². The van der Waals surface area contributed by atoms with Crippen molar-refractivity contribution in [2.45, 2.75) is 102 Å². The highest BCUT2D eigenvalue weighted by molar-refractivity contribution is 6.30. The first kappa shape index (κ1) is 28.6. The van der Waals surface area contributed by atoms with Crippen molar-refractivity contribution in [1.82, 2.24) is 15.5 Å². The van der Waals surface area contributed by atoms with Crippen LogP contribution >= 0.6 is 11.6 Å². The summed E-state index contributed by atoms with van der Waals surface area (Å²) in [7, 11) is 0. The Kier molecular flexibility index (Phi) is 9.33. The van der Waals surface area contributed by atoms with Crippen LogP contribution in [0.5, 0.6) is 0 Å². The summed E-state index contributed by atoms with van der Waals surface area (Å²) in [4.78, 5) is 42.3. The van der Waals surface area contributed by atoms with Crippen LogP contribution in [0.2, 0.25) is 5.02 Å². The molecule has 39 heavy (non-hydrogen) atoms. The Bertz CT molecular complexity index is 1010. The molecule has 6 nitrogen and oxygen atoms in total. The molecule has 2 aliphatic carbocycles. The van der Waals surface area contributed by atoms with Gasteiger partial charge in [0.1, 0.15) is 11.8 Å². The summed E-state index contributed by atoms with van der Waals surface area (Å²) in [6.45, 7) is 3.79. The molecule has 5 rings (SSSR count). The molecule has 7 heteroatoms. The highest BCUT2D eigenvalue weighted by Gasteiger charge is 2.46. The quantitative estimate of drug-likeness (QED) is 0.478. The number of halogens is 1. The lowest BCUT2D eigenvalue weighted by Gasteiger charge is -2.47. The number of fused-ring (bicyclic) bond motifs is 1. The van der Waals surface area contributed by atoms with Crippen LogP contribution in [0.1, 0.15) is 89.5 Å². The topological polar surface area (TPSA) is 78.5 Å². The van der Waals surface area contributed by atoms with Crippen molar-refractivity contribution in [3.8, 4) is 0 Å². The maximum atomic E-state index is 14.0. The fourth-order valence-electron chi connectivity index (χ4n) is 8.12. The zero-order valence-corrected chi connectivity index (χ0v) is 24.3. The summed E-state index contributed by atoms with van der Waals surface area (Å²) in [5.74, 6) is 1.90. The van der Waals surface area contributed by atoms with Crippen molar-refractivity contribution in [2.75, 3.05) is 19.6 Å². The number of hydrogen-bond donors (Lipinski definition) is 2. The van der Waals surface area contributed by atoms with Gasteiger partial charge in [-0.3, -0.25) is 14.4 Å².